The summed E-state index contributed by atoms with van der Waals surface area (Å²) in [6.07, 6.45) is 36.3. The van der Waals surface area contributed by atoms with Gasteiger partial charge in [-0.15, -0.1) is 0 Å². The third-order valence-corrected chi connectivity index (χ3v) is 12.3. The van der Waals surface area contributed by atoms with Gasteiger partial charge in [-0.2, -0.15) is 0 Å². The molecule has 8 unspecified atom stereocenters. The highest BCUT2D eigenvalue weighted by molar-refractivity contribution is 5.80. The summed E-state index contributed by atoms with van der Waals surface area (Å²) in [5, 5.41) is 56.5. The van der Waals surface area contributed by atoms with Crippen LogP contribution in [0.3, 0.4) is 0 Å². The predicted molar refractivity (Wildman–Crippen MR) is 260 cm³/mol. The summed E-state index contributed by atoms with van der Waals surface area (Å²) in [5.41, 5.74) is 0. The average molecular weight is 908 g/mol. The number of esters is 1. The molecule has 0 radical (unpaired) electrons. The Morgan fingerprint density at radius 2 is 1.12 bits per heavy atom. The fourth-order valence-corrected chi connectivity index (χ4v) is 8.10. The quantitative estimate of drug-likeness (QED) is 0.0196. The van der Waals surface area contributed by atoms with Gasteiger partial charge >= 0.3 is 5.97 Å². The van der Waals surface area contributed by atoms with Crippen LogP contribution in [0.25, 0.3) is 0 Å². The molecule has 374 valence electrons. The Labute approximate surface area is 390 Å². The first-order valence-corrected chi connectivity index (χ1v) is 26.3. The van der Waals surface area contributed by atoms with Gasteiger partial charge < -0.3 is 45.1 Å². The van der Waals surface area contributed by atoms with Crippen LogP contribution in [0.2, 0.25) is 0 Å². The van der Waals surface area contributed by atoms with Gasteiger partial charge in [0.1, 0.15) is 24.4 Å². The van der Waals surface area contributed by atoms with Crippen molar-refractivity contribution in [2.24, 2.45) is 0 Å². The molecule has 0 aromatic carbocycles. The summed E-state index contributed by atoms with van der Waals surface area (Å²) < 4.78 is 17.5. The molecule has 1 aliphatic rings. The lowest BCUT2D eigenvalue weighted by Crippen LogP contribution is -2.61. The van der Waals surface area contributed by atoms with Crippen molar-refractivity contribution in [1.29, 1.82) is 0 Å². The Hall–Kier alpha value is -2.12. The van der Waals surface area contributed by atoms with Crippen molar-refractivity contribution in [3.05, 3.63) is 36.5 Å². The highest BCUT2D eigenvalue weighted by Crippen LogP contribution is 2.26. The Bertz CT molecular complexity index is 1180. The first kappa shape index (κ1) is 59.9. The largest absolute Gasteiger partial charge is 0.454 e. The predicted octanol–water partition coefficient (Wildman–Crippen LogP) is 10.8. The molecule has 0 saturated carbocycles. The summed E-state index contributed by atoms with van der Waals surface area (Å²) in [7, 11) is 0. The molecule has 1 heterocycles. The normalized spacial score (nSPS) is 20.7. The summed E-state index contributed by atoms with van der Waals surface area (Å²) in [5.74, 6) is -1.20. The minimum Gasteiger partial charge on any atom is -0.454 e. The molecule has 11 nitrogen and oxygen atoms in total. The Kier molecular flexibility index (Phi) is 39.5. The Morgan fingerprint density at radius 3 is 1.67 bits per heavy atom. The molecule has 0 aromatic heterocycles. The molecular formula is C53H97NO10. The molecule has 0 aliphatic carbocycles. The van der Waals surface area contributed by atoms with E-state index in [1.165, 1.54) is 89.9 Å². The molecule has 0 aromatic rings. The Balaban J connectivity index is 2.78. The van der Waals surface area contributed by atoms with Crippen molar-refractivity contribution in [3.63, 3.8) is 0 Å². The van der Waals surface area contributed by atoms with Crippen LogP contribution in [0.5, 0.6) is 0 Å². The topological polar surface area (TPSA) is 175 Å². The molecule has 0 spiro atoms. The number of hydrogen-bond acceptors (Lipinski definition) is 10. The fraction of sp³-hybridized carbons (Fsp3) is 0.849. The van der Waals surface area contributed by atoms with Gasteiger partial charge in [0.25, 0.3) is 0 Å². The van der Waals surface area contributed by atoms with Crippen molar-refractivity contribution in [2.75, 3.05) is 13.2 Å². The van der Waals surface area contributed by atoms with E-state index in [1.54, 1.807) is 6.08 Å². The average Bonchev–Trinajstić information content (AvgIpc) is 3.29. The molecule has 1 saturated heterocycles. The van der Waals surface area contributed by atoms with E-state index in [2.05, 4.69) is 50.4 Å². The third kappa shape index (κ3) is 31.0. The zero-order valence-electron chi connectivity index (χ0n) is 40.9. The molecule has 11 heteroatoms. The first-order chi connectivity index (χ1) is 31.2. The van der Waals surface area contributed by atoms with Crippen LogP contribution >= 0.6 is 0 Å². The van der Waals surface area contributed by atoms with Crippen molar-refractivity contribution in [3.8, 4) is 0 Å². The highest BCUT2D eigenvalue weighted by atomic mass is 16.7. The molecule has 0 bridgehead atoms. The molecule has 1 rings (SSSR count). The standard InChI is InChI=1S/C53H97NO10/c1-4-7-10-13-16-19-22-23-26-28-31-34-37-40-46(57)52(61)54-44(45(56)39-36-33-30-27-24-20-17-14-11-8-5-2)43-62-53-51(50(60)49(59)47(42-55)63-53)64-48(58)41-38-35-32-29-25-21-18-15-12-9-6-3/h7,10,16,19,36,39,44-47,49-51,53,55-57,59-60H,4-6,8-9,11-15,17-18,20-35,37-38,40-43H2,1-3H3,(H,54,61)/b10-7+,19-16+,39-36+. The van der Waals surface area contributed by atoms with Crippen molar-refractivity contribution in [2.45, 2.75) is 275 Å². The Morgan fingerprint density at radius 1 is 0.625 bits per heavy atom. The maximum atomic E-state index is 13.3. The summed E-state index contributed by atoms with van der Waals surface area (Å²) in [6, 6.07) is -1.02. The molecule has 1 aliphatic heterocycles. The first-order valence-electron chi connectivity index (χ1n) is 26.3. The number of allylic oxidation sites excluding steroid dienone is 5. The number of rotatable bonds is 43. The number of hydrogen-bond donors (Lipinski definition) is 6. The van der Waals surface area contributed by atoms with Crippen molar-refractivity contribution >= 4 is 11.9 Å². The van der Waals surface area contributed by atoms with E-state index in [9.17, 15) is 35.1 Å². The van der Waals surface area contributed by atoms with Gasteiger partial charge in [-0.05, 0) is 51.4 Å². The zero-order chi connectivity index (χ0) is 46.9. The summed E-state index contributed by atoms with van der Waals surface area (Å²) in [6.45, 7) is 5.63. The lowest BCUT2D eigenvalue weighted by Gasteiger charge is -2.41. The van der Waals surface area contributed by atoms with Gasteiger partial charge in [0.15, 0.2) is 12.4 Å². The van der Waals surface area contributed by atoms with Crippen molar-refractivity contribution in [1.82, 2.24) is 5.32 Å². The summed E-state index contributed by atoms with van der Waals surface area (Å²) >= 11 is 0. The molecule has 1 fully saturated rings. The van der Waals surface area contributed by atoms with Gasteiger partial charge in [0, 0.05) is 6.42 Å². The maximum Gasteiger partial charge on any atom is 0.306 e. The molecule has 1 amide bonds. The van der Waals surface area contributed by atoms with E-state index < -0.39 is 67.4 Å². The number of nitrogens with one attached hydrogen (secondary N) is 1. The number of carbonyl (C=O) groups excluding carboxylic acids is 2. The molecular weight excluding hydrogens is 811 g/mol. The minimum absolute atomic E-state index is 0.126. The molecule has 64 heavy (non-hydrogen) atoms. The second kappa shape index (κ2) is 42.2. The van der Waals surface area contributed by atoms with Crippen LogP contribution in [0.1, 0.15) is 226 Å². The minimum atomic E-state index is -1.61. The zero-order valence-corrected chi connectivity index (χ0v) is 40.9. The SMILES string of the molecule is CC/C=C/C/C=C/CCCCCCCCC(O)C(=O)NC(COC1OC(CO)C(O)C(O)C1OC(=O)CCCCCCCCCCCCC)C(O)/C=C/CCCCCCCCCCC. The molecule has 6 N–H and O–H groups in total. The maximum absolute atomic E-state index is 13.3. The monoisotopic (exact) mass is 908 g/mol. The lowest BCUT2D eigenvalue weighted by molar-refractivity contribution is -0.305. The van der Waals surface area contributed by atoms with E-state index in [1.807, 2.05) is 6.08 Å². The lowest BCUT2D eigenvalue weighted by atomic mass is 9.99. The van der Waals surface area contributed by atoms with E-state index in [0.29, 0.717) is 12.8 Å². The number of aliphatic hydroxyl groups is 5. The molecule has 8 atom stereocenters. The number of ether oxygens (including phenoxy) is 3. The van der Waals surface area contributed by atoms with Gasteiger partial charge in [-0.25, -0.2) is 0 Å². The van der Waals surface area contributed by atoms with Gasteiger partial charge in [0.2, 0.25) is 5.91 Å². The van der Waals surface area contributed by atoms with Gasteiger partial charge in [-0.1, -0.05) is 205 Å². The second-order valence-electron chi connectivity index (χ2n) is 18.2. The van der Waals surface area contributed by atoms with E-state index >= 15 is 0 Å². The number of unbranched alkanes of at least 4 members (excludes halogenated alkanes) is 25. The van der Waals surface area contributed by atoms with Crippen LogP contribution in [0.4, 0.5) is 0 Å². The van der Waals surface area contributed by atoms with E-state index in [4.69, 9.17) is 14.2 Å². The fourth-order valence-electron chi connectivity index (χ4n) is 8.10. The van der Waals surface area contributed by atoms with Crippen LogP contribution in [-0.2, 0) is 23.8 Å². The van der Waals surface area contributed by atoms with E-state index in [0.717, 1.165) is 89.9 Å². The van der Waals surface area contributed by atoms with Crippen LogP contribution in [0, 0.1) is 0 Å². The second-order valence-corrected chi connectivity index (χ2v) is 18.2. The van der Waals surface area contributed by atoms with Crippen LogP contribution in [-0.4, -0.2) is 99.6 Å². The number of amides is 1. The summed E-state index contributed by atoms with van der Waals surface area (Å²) in [4.78, 5) is 26.3. The third-order valence-electron chi connectivity index (χ3n) is 12.3. The number of carbonyl (C=O) groups is 2. The smallest absolute Gasteiger partial charge is 0.306 e. The van der Waals surface area contributed by atoms with Crippen molar-refractivity contribution < 1.29 is 49.3 Å². The van der Waals surface area contributed by atoms with Gasteiger partial charge in [-0.3, -0.25) is 9.59 Å². The van der Waals surface area contributed by atoms with Crippen LogP contribution in [0.15, 0.2) is 36.5 Å². The van der Waals surface area contributed by atoms with E-state index in [-0.39, 0.29) is 19.4 Å². The van der Waals surface area contributed by atoms with Gasteiger partial charge in [0.05, 0.1) is 25.4 Å². The highest BCUT2D eigenvalue weighted by Gasteiger charge is 2.47. The van der Waals surface area contributed by atoms with Crippen LogP contribution < -0.4 is 5.32 Å². The number of aliphatic hydroxyl groups excluding tert-OH is 5.